The van der Waals surface area contributed by atoms with Gasteiger partial charge in [-0.25, -0.2) is 0 Å². The lowest BCUT2D eigenvalue weighted by Gasteiger charge is -2.46. The molecular weight excluding hydrogens is 791 g/mol. The summed E-state index contributed by atoms with van der Waals surface area (Å²) in [4.78, 5) is 15.9. The van der Waals surface area contributed by atoms with Gasteiger partial charge in [0.2, 0.25) is 0 Å². The average Bonchev–Trinajstić information content (AvgIpc) is 3.25. The quantitative estimate of drug-likeness (QED) is 0.0619. The maximum atomic E-state index is 12.2. The third kappa shape index (κ3) is 13.7. The van der Waals surface area contributed by atoms with Gasteiger partial charge in [0.1, 0.15) is 18.4 Å². The van der Waals surface area contributed by atoms with Crippen LogP contribution in [0.15, 0.2) is 0 Å². The van der Waals surface area contributed by atoms with Crippen LogP contribution in [0.2, 0.25) is 0 Å². The van der Waals surface area contributed by atoms with Gasteiger partial charge in [0.05, 0.1) is 87.4 Å². The first-order chi connectivity index (χ1) is 30.1. The van der Waals surface area contributed by atoms with Crippen molar-refractivity contribution in [1.82, 2.24) is 16.0 Å². The van der Waals surface area contributed by atoms with Gasteiger partial charge in [0.25, 0.3) is 0 Å². The lowest BCUT2D eigenvalue weighted by molar-refractivity contribution is -0.699. The molecule has 4 heterocycles. The predicted octanol–water partition coefficient (Wildman–Crippen LogP) is -1.14. The highest BCUT2D eigenvalue weighted by Gasteiger charge is 2.51. The second-order valence-corrected chi connectivity index (χ2v) is 20.9. The van der Waals surface area contributed by atoms with Gasteiger partial charge in [-0.1, -0.05) is 0 Å². The Hall–Kier alpha value is -1.66. The minimum Gasteiger partial charge on any atom is -0.462 e. The number of aliphatic hydroxyl groups excluding tert-OH is 3. The van der Waals surface area contributed by atoms with Gasteiger partial charge < -0.3 is 50.2 Å². The van der Waals surface area contributed by atoms with E-state index < -0.39 is 24.4 Å². The van der Waals surface area contributed by atoms with Crippen molar-refractivity contribution < 1.29 is 54.7 Å². The Kier molecular flexibility index (Phi) is 18.4. The zero-order valence-electron chi connectivity index (χ0n) is 38.4. The largest absolute Gasteiger partial charge is 0.462 e. The van der Waals surface area contributed by atoms with E-state index in [-0.39, 0.29) is 54.1 Å². The number of rotatable bonds is 17. The molecular formula is C47H88N7O8+3. The van der Waals surface area contributed by atoms with Gasteiger partial charge in [-0.2, -0.15) is 0 Å². The number of hydrogen-bond acceptors (Lipinski definition) is 12. The van der Waals surface area contributed by atoms with Crippen molar-refractivity contribution >= 4 is 11.9 Å². The Bertz CT molecular complexity index is 1390. The summed E-state index contributed by atoms with van der Waals surface area (Å²) in [6.45, 7) is 8.20. The Morgan fingerprint density at radius 1 is 0.952 bits per heavy atom. The van der Waals surface area contributed by atoms with E-state index >= 15 is 0 Å². The van der Waals surface area contributed by atoms with Gasteiger partial charge in [0.15, 0.2) is 0 Å². The second-order valence-electron chi connectivity index (χ2n) is 20.9. The number of aliphatic hydroxyl groups is 3. The van der Waals surface area contributed by atoms with Crippen LogP contribution >= 0.6 is 0 Å². The molecule has 6 fully saturated rings. The van der Waals surface area contributed by atoms with E-state index in [1.54, 1.807) is 0 Å². The van der Waals surface area contributed by atoms with E-state index in [9.17, 15) is 20.1 Å². The summed E-state index contributed by atoms with van der Waals surface area (Å²) in [5.41, 5.74) is 6.16. The normalized spacial score (nSPS) is 41.8. The third-order valence-electron chi connectivity index (χ3n) is 16.2. The SMILES string of the molecule is C[NH2+]CC1C[NH+]=C(NCCCC2CC[NH2+]C(N)C2)NC12CCCC(OC1CC(CCC3CC(OC(C)=O)CC(C4CC(O)C(O)C(OCCC5CCCNC5)C4)O3)CCC1O)C2. The Labute approximate surface area is 371 Å². The van der Waals surface area contributed by atoms with Crippen molar-refractivity contribution in [2.45, 2.75) is 202 Å². The fraction of sp³-hybridized carbons (Fsp3) is 0.957. The average molecular weight is 879 g/mol. The summed E-state index contributed by atoms with van der Waals surface area (Å²) in [5.74, 6) is 2.96. The lowest BCUT2D eigenvalue weighted by atomic mass is 9.70. The van der Waals surface area contributed by atoms with E-state index in [0.717, 1.165) is 128 Å². The van der Waals surface area contributed by atoms with Crippen LogP contribution in [0.1, 0.15) is 135 Å². The highest BCUT2D eigenvalue weighted by Crippen LogP contribution is 2.41. The van der Waals surface area contributed by atoms with E-state index in [1.165, 1.54) is 32.6 Å². The van der Waals surface area contributed by atoms with Crippen LogP contribution in [0, 0.1) is 29.6 Å². The number of hydrogen-bond donors (Lipinski definition) is 10. The second kappa shape index (κ2) is 23.7. The van der Waals surface area contributed by atoms with Gasteiger partial charge >= 0.3 is 11.9 Å². The number of esters is 1. The Balaban J connectivity index is 0.898. The molecule has 356 valence electrons. The van der Waals surface area contributed by atoms with Crippen LogP contribution in [0.25, 0.3) is 0 Å². The molecule has 0 aromatic carbocycles. The van der Waals surface area contributed by atoms with E-state index in [2.05, 4.69) is 38.6 Å². The molecule has 0 radical (unpaired) electrons. The number of nitrogens with one attached hydrogen (secondary N) is 4. The summed E-state index contributed by atoms with van der Waals surface area (Å²) >= 11 is 0. The monoisotopic (exact) mass is 879 g/mol. The molecule has 7 aliphatic rings. The summed E-state index contributed by atoms with van der Waals surface area (Å²) in [5, 5.41) is 49.0. The van der Waals surface area contributed by atoms with E-state index in [4.69, 9.17) is 24.7 Å². The van der Waals surface area contributed by atoms with Crippen LogP contribution in [-0.2, 0) is 23.7 Å². The predicted molar refractivity (Wildman–Crippen MR) is 235 cm³/mol. The van der Waals surface area contributed by atoms with Crippen LogP contribution in [0.3, 0.4) is 0 Å². The van der Waals surface area contributed by atoms with Crippen molar-refractivity contribution in [3.8, 4) is 0 Å². The van der Waals surface area contributed by atoms with Gasteiger partial charge in [0, 0.05) is 39.2 Å². The standard InChI is InChI=1S/C47H85N7O8/c1-30(55)60-38-24-36(61-41(25-38)34-22-40(57)45(58)43(23-34)59-19-14-33-7-4-16-50-27-33)11-9-32-10-12-39(56)42(20-32)62-37-8-3-15-47(26-37)35(28-49-2)29-53-46(54-47)52-17-5-6-31-13-18-51-44(48)21-31/h31-45,49-51,56-58H,3-29,48H2,1-2H3,(H2,52,53,54)/p+3. The molecule has 15 heteroatoms. The Morgan fingerprint density at radius 2 is 1.82 bits per heavy atom. The first-order valence-corrected chi connectivity index (χ1v) is 25.4. The highest BCUT2D eigenvalue weighted by molar-refractivity contribution is 5.75. The number of quaternary nitrogens is 2. The Morgan fingerprint density at radius 3 is 2.63 bits per heavy atom. The first kappa shape index (κ1) is 48.3. The number of nitrogens with two attached hydrogens (primary N) is 3. The van der Waals surface area contributed by atoms with E-state index in [0.29, 0.717) is 50.0 Å². The molecule has 0 aromatic rings. The molecule has 3 aliphatic carbocycles. The third-order valence-corrected chi connectivity index (χ3v) is 16.2. The van der Waals surface area contributed by atoms with Crippen molar-refractivity contribution in [1.29, 1.82) is 0 Å². The van der Waals surface area contributed by atoms with Crippen LogP contribution in [0.5, 0.6) is 0 Å². The molecule has 0 amide bonds. The molecule has 62 heavy (non-hydrogen) atoms. The molecule has 7 rings (SSSR count). The molecule has 16 atom stereocenters. The zero-order chi connectivity index (χ0) is 43.5. The fourth-order valence-corrected chi connectivity index (χ4v) is 12.7. The minimum absolute atomic E-state index is 0.00384. The van der Waals surface area contributed by atoms with Crippen LogP contribution in [-0.4, -0.2) is 147 Å². The zero-order valence-corrected chi connectivity index (χ0v) is 38.4. The van der Waals surface area contributed by atoms with Crippen molar-refractivity contribution in [3.05, 3.63) is 0 Å². The fourth-order valence-electron chi connectivity index (χ4n) is 12.7. The number of guanidine groups is 1. The van der Waals surface area contributed by atoms with Crippen LogP contribution in [0.4, 0.5) is 0 Å². The minimum atomic E-state index is -0.916. The lowest BCUT2D eigenvalue weighted by Crippen LogP contribution is -2.94. The molecule has 16 unspecified atom stereocenters. The molecule has 15 nitrogen and oxygen atoms in total. The first-order valence-electron chi connectivity index (χ1n) is 25.4. The topological polar surface area (TPSA) is 224 Å². The summed E-state index contributed by atoms with van der Waals surface area (Å²) in [6.07, 6.45) is 15.8. The number of piperidine rings is 2. The molecule has 4 aliphatic heterocycles. The smallest absolute Gasteiger partial charge is 0.343 e. The molecule has 13 N–H and O–H groups in total. The van der Waals surface area contributed by atoms with Crippen molar-refractivity contribution in [2.75, 3.05) is 52.9 Å². The number of carbonyl (C=O) groups is 1. The van der Waals surface area contributed by atoms with Gasteiger partial charge in [-0.3, -0.25) is 26.2 Å². The highest BCUT2D eigenvalue weighted by atomic mass is 16.6. The molecule has 3 saturated heterocycles. The number of ether oxygens (including phenoxy) is 4. The molecule has 1 spiro atoms. The van der Waals surface area contributed by atoms with Crippen LogP contribution < -0.4 is 37.3 Å². The van der Waals surface area contributed by atoms with Gasteiger partial charge in [-0.05, 0) is 139 Å². The van der Waals surface area contributed by atoms with Crippen molar-refractivity contribution in [3.63, 3.8) is 0 Å². The summed E-state index contributed by atoms with van der Waals surface area (Å²) in [6, 6.07) is 0. The maximum absolute atomic E-state index is 12.2. The summed E-state index contributed by atoms with van der Waals surface area (Å²) < 4.78 is 25.9. The molecule has 3 saturated carbocycles. The summed E-state index contributed by atoms with van der Waals surface area (Å²) in [7, 11) is 2.17. The maximum Gasteiger partial charge on any atom is 0.343 e. The van der Waals surface area contributed by atoms with Gasteiger partial charge in [-0.15, -0.1) is 0 Å². The van der Waals surface area contributed by atoms with E-state index in [1.807, 2.05) is 0 Å². The molecule has 0 bridgehead atoms. The molecule has 0 aromatic heterocycles. The number of carbonyl (C=O) groups excluding carboxylic acids is 1. The van der Waals surface area contributed by atoms with Crippen molar-refractivity contribution in [2.24, 2.45) is 35.3 Å².